The number of nitrogens with zero attached hydrogens (tertiary/aromatic N) is 1. The number of para-hydroxylation sites is 1. The lowest BCUT2D eigenvalue weighted by Gasteiger charge is -2.16. The highest BCUT2D eigenvalue weighted by molar-refractivity contribution is 7.08. The lowest BCUT2D eigenvalue weighted by molar-refractivity contribution is 0.0595. The van der Waals surface area contributed by atoms with Gasteiger partial charge in [0, 0.05) is 16.3 Å². The molecule has 0 saturated heterocycles. The SMILES string of the molecule is COC(=O)c1c(C(=O)c2ccsc2)c2ccccc2n(Cc2ccccc2)c1=O. The minimum Gasteiger partial charge on any atom is -0.465 e. The Balaban J connectivity index is 2.05. The fraction of sp³-hybridized carbons (Fsp3) is 0.0870. The van der Waals surface area contributed by atoms with Crippen molar-refractivity contribution in [2.24, 2.45) is 0 Å². The highest BCUT2D eigenvalue weighted by Gasteiger charge is 2.28. The summed E-state index contributed by atoms with van der Waals surface area (Å²) in [5.74, 6) is -1.19. The fourth-order valence-corrected chi connectivity index (χ4v) is 4.03. The van der Waals surface area contributed by atoms with Gasteiger partial charge < -0.3 is 9.30 Å². The fourth-order valence-electron chi connectivity index (χ4n) is 3.39. The van der Waals surface area contributed by atoms with Crippen molar-refractivity contribution in [1.82, 2.24) is 4.57 Å². The minimum atomic E-state index is -0.818. The Morgan fingerprint density at radius 1 is 0.966 bits per heavy atom. The van der Waals surface area contributed by atoms with Gasteiger partial charge in [0.1, 0.15) is 5.56 Å². The van der Waals surface area contributed by atoms with Gasteiger partial charge in [-0.05, 0) is 23.1 Å². The second kappa shape index (κ2) is 7.85. The third kappa shape index (κ3) is 3.39. The molecule has 0 unspecified atom stereocenters. The number of aromatic nitrogens is 1. The number of carbonyl (C=O) groups is 2. The zero-order valence-electron chi connectivity index (χ0n) is 15.6. The van der Waals surface area contributed by atoms with Crippen LogP contribution in [0, 0.1) is 0 Å². The Morgan fingerprint density at radius 2 is 1.69 bits per heavy atom. The monoisotopic (exact) mass is 403 g/mol. The van der Waals surface area contributed by atoms with Crippen LogP contribution in [-0.4, -0.2) is 23.4 Å². The molecule has 2 aromatic heterocycles. The van der Waals surface area contributed by atoms with Crippen molar-refractivity contribution in [3.05, 3.63) is 104 Å². The normalized spacial score (nSPS) is 10.8. The van der Waals surface area contributed by atoms with E-state index in [2.05, 4.69) is 0 Å². The zero-order valence-corrected chi connectivity index (χ0v) is 16.4. The molecule has 0 fully saturated rings. The predicted molar refractivity (Wildman–Crippen MR) is 113 cm³/mol. The van der Waals surface area contributed by atoms with Gasteiger partial charge in [0.05, 0.1) is 24.7 Å². The van der Waals surface area contributed by atoms with Crippen LogP contribution in [0.3, 0.4) is 0 Å². The maximum atomic E-state index is 13.4. The highest BCUT2D eigenvalue weighted by Crippen LogP contribution is 2.25. The molecule has 0 bridgehead atoms. The predicted octanol–water partition coefficient (Wildman–Crippen LogP) is 4.13. The van der Waals surface area contributed by atoms with E-state index < -0.39 is 11.5 Å². The Bertz CT molecular complexity index is 1260. The van der Waals surface area contributed by atoms with E-state index in [4.69, 9.17) is 4.74 Å². The highest BCUT2D eigenvalue weighted by atomic mass is 32.1. The number of ketones is 1. The van der Waals surface area contributed by atoms with Crippen molar-refractivity contribution < 1.29 is 14.3 Å². The number of methoxy groups -OCH3 is 1. The molecule has 0 N–H and O–H groups in total. The van der Waals surface area contributed by atoms with Crippen molar-refractivity contribution >= 4 is 34.0 Å². The standard InChI is InChI=1S/C23H17NO4S/c1-28-23(27)20-19(21(25)16-11-12-29-14-16)17-9-5-6-10-18(17)24(22(20)26)13-15-7-3-2-4-8-15/h2-12,14H,13H2,1H3. The Kier molecular flexibility index (Phi) is 5.10. The summed E-state index contributed by atoms with van der Waals surface area (Å²) in [5, 5.41) is 4.02. The summed E-state index contributed by atoms with van der Waals surface area (Å²) in [7, 11) is 1.21. The first kappa shape index (κ1) is 18.8. The molecule has 29 heavy (non-hydrogen) atoms. The quantitative estimate of drug-likeness (QED) is 0.371. The molecule has 2 heterocycles. The van der Waals surface area contributed by atoms with E-state index in [1.165, 1.54) is 23.0 Å². The molecule has 0 atom stereocenters. The Hall–Kier alpha value is -3.51. The molecule has 0 spiro atoms. The number of fused-ring (bicyclic) bond motifs is 1. The lowest BCUT2D eigenvalue weighted by Crippen LogP contribution is -2.31. The van der Waals surface area contributed by atoms with Crippen LogP contribution in [0.5, 0.6) is 0 Å². The van der Waals surface area contributed by atoms with E-state index in [-0.39, 0.29) is 23.5 Å². The van der Waals surface area contributed by atoms with Gasteiger partial charge in [-0.3, -0.25) is 9.59 Å². The van der Waals surface area contributed by atoms with Gasteiger partial charge >= 0.3 is 5.97 Å². The topological polar surface area (TPSA) is 65.4 Å². The summed E-state index contributed by atoms with van der Waals surface area (Å²) in [4.78, 5) is 39.2. The van der Waals surface area contributed by atoms with Crippen LogP contribution in [0.15, 0.2) is 76.2 Å². The lowest BCUT2D eigenvalue weighted by atomic mass is 9.96. The van der Waals surface area contributed by atoms with Crippen molar-refractivity contribution in [1.29, 1.82) is 0 Å². The molecule has 5 nitrogen and oxygen atoms in total. The minimum absolute atomic E-state index is 0.0835. The van der Waals surface area contributed by atoms with Crippen LogP contribution in [0.2, 0.25) is 0 Å². The van der Waals surface area contributed by atoms with Crippen molar-refractivity contribution in [2.45, 2.75) is 6.54 Å². The molecule has 0 aliphatic heterocycles. The first-order valence-electron chi connectivity index (χ1n) is 8.96. The molecule has 0 aliphatic rings. The van der Waals surface area contributed by atoms with E-state index in [1.54, 1.807) is 41.1 Å². The number of esters is 1. The second-order valence-corrected chi connectivity index (χ2v) is 7.26. The smallest absolute Gasteiger partial charge is 0.344 e. The van der Waals surface area contributed by atoms with Crippen LogP contribution >= 0.6 is 11.3 Å². The van der Waals surface area contributed by atoms with E-state index >= 15 is 0 Å². The maximum absolute atomic E-state index is 13.4. The molecule has 2 aromatic carbocycles. The molecular weight excluding hydrogens is 386 g/mol. The first-order chi connectivity index (χ1) is 14.1. The number of rotatable bonds is 5. The summed E-state index contributed by atoms with van der Waals surface area (Å²) < 4.78 is 6.39. The molecule has 4 rings (SSSR count). The van der Waals surface area contributed by atoms with Crippen LogP contribution in [0.4, 0.5) is 0 Å². The van der Waals surface area contributed by atoms with Gasteiger partial charge in [-0.15, -0.1) is 0 Å². The molecule has 0 aliphatic carbocycles. The van der Waals surface area contributed by atoms with Gasteiger partial charge in [0.15, 0.2) is 5.78 Å². The molecule has 4 aromatic rings. The van der Waals surface area contributed by atoms with Gasteiger partial charge in [-0.2, -0.15) is 11.3 Å². The van der Waals surface area contributed by atoms with E-state index in [0.717, 1.165) is 5.56 Å². The molecular formula is C23H17NO4S. The molecule has 0 saturated carbocycles. The van der Waals surface area contributed by atoms with Gasteiger partial charge in [0.25, 0.3) is 5.56 Å². The van der Waals surface area contributed by atoms with Gasteiger partial charge in [-0.1, -0.05) is 48.5 Å². The van der Waals surface area contributed by atoms with Crippen LogP contribution in [0.1, 0.15) is 31.8 Å². The Labute approximate surface area is 170 Å². The number of hydrogen-bond acceptors (Lipinski definition) is 5. The summed E-state index contributed by atoms with van der Waals surface area (Å²) in [6, 6.07) is 18.3. The number of carbonyl (C=O) groups excluding carboxylic acids is 2. The van der Waals surface area contributed by atoms with Gasteiger partial charge in [-0.25, -0.2) is 4.79 Å². The molecule has 144 valence electrons. The maximum Gasteiger partial charge on any atom is 0.344 e. The number of hydrogen-bond donors (Lipinski definition) is 0. The molecule has 6 heteroatoms. The largest absolute Gasteiger partial charge is 0.465 e. The van der Waals surface area contributed by atoms with E-state index in [9.17, 15) is 14.4 Å². The van der Waals surface area contributed by atoms with Crippen LogP contribution in [-0.2, 0) is 11.3 Å². The van der Waals surface area contributed by atoms with Crippen molar-refractivity contribution in [2.75, 3.05) is 7.11 Å². The molecule has 0 amide bonds. The van der Waals surface area contributed by atoms with Crippen LogP contribution in [0.25, 0.3) is 10.9 Å². The van der Waals surface area contributed by atoms with Gasteiger partial charge in [0.2, 0.25) is 0 Å². The molecule has 0 radical (unpaired) electrons. The summed E-state index contributed by atoms with van der Waals surface area (Å²) in [5.41, 5.74) is 1.24. The van der Waals surface area contributed by atoms with Crippen molar-refractivity contribution in [3.8, 4) is 0 Å². The second-order valence-electron chi connectivity index (χ2n) is 6.48. The third-order valence-corrected chi connectivity index (χ3v) is 5.44. The number of benzene rings is 2. The summed E-state index contributed by atoms with van der Waals surface area (Å²) in [6.45, 7) is 0.275. The number of pyridine rings is 1. The van der Waals surface area contributed by atoms with E-state index in [0.29, 0.717) is 16.5 Å². The van der Waals surface area contributed by atoms with Crippen molar-refractivity contribution in [3.63, 3.8) is 0 Å². The van der Waals surface area contributed by atoms with Crippen LogP contribution < -0.4 is 5.56 Å². The average Bonchev–Trinajstić information content (AvgIpc) is 3.30. The van der Waals surface area contributed by atoms with E-state index in [1.807, 2.05) is 30.3 Å². The summed E-state index contributed by atoms with van der Waals surface area (Å²) >= 11 is 1.38. The summed E-state index contributed by atoms with van der Waals surface area (Å²) in [6.07, 6.45) is 0. The average molecular weight is 403 g/mol. The number of thiophene rings is 1. The third-order valence-electron chi connectivity index (χ3n) is 4.76. The number of ether oxygens (including phenoxy) is 1. The zero-order chi connectivity index (χ0) is 20.4. The Morgan fingerprint density at radius 3 is 2.38 bits per heavy atom. The first-order valence-corrected chi connectivity index (χ1v) is 9.90.